The molecular weight excluding hydrogens is 328 g/mol. The van der Waals surface area contributed by atoms with Crippen molar-refractivity contribution in [3.8, 4) is 17.1 Å². The quantitative estimate of drug-likeness (QED) is 0.579. The van der Waals surface area contributed by atoms with E-state index in [0.29, 0.717) is 11.4 Å². The van der Waals surface area contributed by atoms with E-state index < -0.39 is 0 Å². The molecular formula is C20H16N4O2. The number of hydrogen-bond donors (Lipinski definition) is 2. The Hall–Kier alpha value is -3.67. The van der Waals surface area contributed by atoms with Crippen molar-refractivity contribution < 1.29 is 9.53 Å². The van der Waals surface area contributed by atoms with Crippen LogP contribution in [0.1, 0.15) is 0 Å². The molecule has 2 aromatic heterocycles. The standard InChI is InChI=1S/C20H16N4O2/c25-19(13-26-16-6-2-1-3-7-16)22-15-8-9-17-18(11-15)24-20(23-17)14-5-4-10-21-12-14/h1-12H,13H2,(H,22,25)(H,23,24). The van der Waals surface area contributed by atoms with Gasteiger partial charge in [0, 0.05) is 23.6 Å². The minimum Gasteiger partial charge on any atom is -0.484 e. The Kier molecular flexibility index (Phi) is 4.30. The van der Waals surface area contributed by atoms with E-state index in [4.69, 9.17) is 4.74 Å². The zero-order valence-electron chi connectivity index (χ0n) is 13.8. The summed E-state index contributed by atoms with van der Waals surface area (Å²) in [5.74, 6) is 1.18. The average Bonchev–Trinajstić information content (AvgIpc) is 3.11. The zero-order chi connectivity index (χ0) is 17.8. The molecule has 6 nitrogen and oxygen atoms in total. The van der Waals surface area contributed by atoms with Crippen molar-refractivity contribution in [1.82, 2.24) is 15.0 Å². The molecule has 4 aromatic rings. The van der Waals surface area contributed by atoms with Crippen LogP contribution in [-0.4, -0.2) is 27.5 Å². The Bertz CT molecular complexity index is 1030. The molecule has 0 aliphatic carbocycles. The topological polar surface area (TPSA) is 79.9 Å². The molecule has 4 rings (SSSR count). The van der Waals surface area contributed by atoms with Crippen LogP contribution in [0.15, 0.2) is 73.1 Å². The van der Waals surface area contributed by atoms with Gasteiger partial charge < -0.3 is 15.0 Å². The lowest BCUT2D eigenvalue weighted by Crippen LogP contribution is -2.20. The van der Waals surface area contributed by atoms with Crippen LogP contribution in [-0.2, 0) is 4.79 Å². The van der Waals surface area contributed by atoms with E-state index in [0.717, 1.165) is 22.4 Å². The Morgan fingerprint density at radius 3 is 2.77 bits per heavy atom. The van der Waals surface area contributed by atoms with E-state index in [-0.39, 0.29) is 12.5 Å². The molecule has 128 valence electrons. The molecule has 0 fully saturated rings. The third kappa shape index (κ3) is 3.54. The van der Waals surface area contributed by atoms with Gasteiger partial charge in [0.1, 0.15) is 11.6 Å². The number of fused-ring (bicyclic) bond motifs is 1. The van der Waals surface area contributed by atoms with E-state index in [2.05, 4.69) is 20.3 Å². The number of pyridine rings is 1. The number of hydrogen-bond acceptors (Lipinski definition) is 4. The number of anilines is 1. The second-order valence-electron chi connectivity index (χ2n) is 5.71. The Morgan fingerprint density at radius 2 is 1.96 bits per heavy atom. The summed E-state index contributed by atoms with van der Waals surface area (Å²) in [7, 11) is 0. The Labute approximate surface area is 149 Å². The third-order valence-corrected chi connectivity index (χ3v) is 3.81. The molecule has 26 heavy (non-hydrogen) atoms. The number of nitrogens with one attached hydrogen (secondary N) is 2. The minimum atomic E-state index is -0.222. The number of nitrogens with zero attached hydrogens (tertiary/aromatic N) is 2. The van der Waals surface area contributed by atoms with Crippen LogP contribution >= 0.6 is 0 Å². The van der Waals surface area contributed by atoms with Gasteiger partial charge in [-0.3, -0.25) is 9.78 Å². The third-order valence-electron chi connectivity index (χ3n) is 3.81. The van der Waals surface area contributed by atoms with E-state index in [1.165, 1.54) is 0 Å². The first-order chi connectivity index (χ1) is 12.8. The van der Waals surface area contributed by atoms with Crippen LogP contribution in [0.4, 0.5) is 5.69 Å². The van der Waals surface area contributed by atoms with Gasteiger partial charge in [-0.25, -0.2) is 4.98 Å². The van der Waals surface area contributed by atoms with Crippen molar-refractivity contribution in [2.24, 2.45) is 0 Å². The molecule has 0 radical (unpaired) electrons. The molecule has 0 saturated carbocycles. The molecule has 0 atom stereocenters. The van der Waals surface area contributed by atoms with Gasteiger partial charge in [0.2, 0.25) is 0 Å². The summed E-state index contributed by atoms with van der Waals surface area (Å²) in [6, 6.07) is 18.6. The van der Waals surface area contributed by atoms with E-state index >= 15 is 0 Å². The van der Waals surface area contributed by atoms with Gasteiger partial charge in [-0.2, -0.15) is 0 Å². The van der Waals surface area contributed by atoms with E-state index in [9.17, 15) is 4.79 Å². The molecule has 0 saturated heterocycles. The number of aromatic nitrogens is 3. The van der Waals surface area contributed by atoms with Gasteiger partial charge in [0.25, 0.3) is 5.91 Å². The number of rotatable bonds is 5. The summed E-state index contributed by atoms with van der Waals surface area (Å²) in [6.45, 7) is -0.0496. The van der Waals surface area contributed by atoms with Crippen LogP contribution in [0, 0.1) is 0 Å². The summed E-state index contributed by atoms with van der Waals surface area (Å²) < 4.78 is 5.45. The largest absolute Gasteiger partial charge is 0.484 e. The van der Waals surface area contributed by atoms with Crippen LogP contribution in [0.3, 0.4) is 0 Å². The molecule has 2 N–H and O–H groups in total. The fourth-order valence-electron chi connectivity index (χ4n) is 2.59. The second-order valence-corrected chi connectivity index (χ2v) is 5.71. The maximum absolute atomic E-state index is 12.1. The number of imidazole rings is 1. The van der Waals surface area contributed by atoms with Crippen molar-refractivity contribution in [3.63, 3.8) is 0 Å². The highest BCUT2D eigenvalue weighted by atomic mass is 16.5. The van der Waals surface area contributed by atoms with Gasteiger partial charge >= 0.3 is 0 Å². The first-order valence-electron chi connectivity index (χ1n) is 8.16. The van der Waals surface area contributed by atoms with Crippen molar-refractivity contribution in [2.45, 2.75) is 0 Å². The lowest BCUT2D eigenvalue weighted by atomic mass is 10.3. The lowest BCUT2D eigenvalue weighted by molar-refractivity contribution is -0.118. The minimum absolute atomic E-state index is 0.0496. The van der Waals surface area contributed by atoms with Crippen LogP contribution in [0.5, 0.6) is 5.75 Å². The normalized spacial score (nSPS) is 10.6. The number of amides is 1. The number of aromatic amines is 1. The highest BCUT2D eigenvalue weighted by Crippen LogP contribution is 2.22. The first-order valence-corrected chi connectivity index (χ1v) is 8.16. The molecule has 0 spiro atoms. The first kappa shape index (κ1) is 15.8. The Morgan fingerprint density at radius 1 is 1.08 bits per heavy atom. The molecule has 1 amide bonds. The van der Waals surface area contributed by atoms with E-state index in [1.54, 1.807) is 12.4 Å². The van der Waals surface area contributed by atoms with E-state index in [1.807, 2.05) is 60.7 Å². The van der Waals surface area contributed by atoms with Crippen LogP contribution in [0.2, 0.25) is 0 Å². The zero-order valence-corrected chi connectivity index (χ0v) is 13.8. The number of carbonyl (C=O) groups excluding carboxylic acids is 1. The molecule has 0 unspecified atom stereocenters. The van der Waals surface area contributed by atoms with Gasteiger partial charge in [0.15, 0.2) is 6.61 Å². The average molecular weight is 344 g/mol. The maximum Gasteiger partial charge on any atom is 0.262 e. The summed E-state index contributed by atoms with van der Waals surface area (Å²) in [5, 5.41) is 2.83. The molecule has 2 aromatic carbocycles. The molecule has 0 aliphatic heterocycles. The second kappa shape index (κ2) is 7.06. The number of para-hydroxylation sites is 1. The van der Waals surface area contributed by atoms with Crippen molar-refractivity contribution in [3.05, 3.63) is 73.1 Å². The summed E-state index contributed by atoms with van der Waals surface area (Å²) in [6.07, 6.45) is 3.47. The van der Waals surface area contributed by atoms with Gasteiger partial charge in [0.05, 0.1) is 11.0 Å². The predicted octanol–water partition coefficient (Wildman–Crippen LogP) is 3.64. The SMILES string of the molecule is O=C(COc1ccccc1)Nc1ccc2nc(-c3cccnc3)[nH]c2c1. The number of carbonyl (C=O) groups is 1. The fraction of sp³-hybridized carbons (Fsp3) is 0.0500. The highest BCUT2D eigenvalue weighted by Gasteiger charge is 2.08. The van der Waals surface area contributed by atoms with Gasteiger partial charge in [-0.05, 0) is 42.5 Å². The molecule has 0 bridgehead atoms. The van der Waals surface area contributed by atoms with Crippen LogP contribution in [0.25, 0.3) is 22.4 Å². The smallest absolute Gasteiger partial charge is 0.262 e. The predicted molar refractivity (Wildman–Crippen MR) is 99.9 cm³/mol. The van der Waals surface area contributed by atoms with Crippen molar-refractivity contribution >= 4 is 22.6 Å². The van der Waals surface area contributed by atoms with Crippen molar-refractivity contribution in [1.29, 1.82) is 0 Å². The summed E-state index contributed by atoms with van der Waals surface area (Å²) >= 11 is 0. The number of benzene rings is 2. The number of H-pyrrole nitrogens is 1. The number of ether oxygens (including phenoxy) is 1. The van der Waals surface area contributed by atoms with Crippen molar-refractivity contribution in [2.75, 3.05) is 11.9 Å². The fourth-order valence-corrected chi connectivity index (χ4v) is 2.59. The van der Waals surface area contributed by atoms with Crippen LogP contribution < -0.4 is 10.1 Å². The summed E-state index contributed by atoms with van der Waals surface area (Å²) in [4.78, 5) is 24.0. The molecule has 0 aliphatic rings. The van der Waals surface area contributed by atoms with Gasteiger partial charge in [-0.15, -0.1) is 0 Å². The maximum atomic E-state index is 12.1. The highest BCUT2D eigenvalue weighted by molar-refractivity contribution is 5.94. The molecule has 2 heterocycles. The molecule has 6 heteroatoms. The Balaban J connectivity index is 1.46. The van der Waals surface area contributed by atoms with Gasteiger partial charge in [-0.1, -0.05) is 18.2 Å². The summed E-state index contributed by atoms with van der Waals surface area (Å²) in [5.41, 5.74) is 3.25. The monoisotopic (exact) mass is 344 g/mol. The lowest BCUT2D eigenvalue weighted by Gasteiger charge is -2.07.